The Labute approximate surface area is 93.8 Å². The molecule has 1 aromatic rings. The summed E-state index contributed by atoms with van der Waals surface area (Å²) in [7, 11) is 1.72. The fraction of sp³-hybridized carbons (Fsp3) is 0.182. The van der Waals surface area contributed by atoms with Crippen LogP contribution in [0.2, 0.25) is 0 Å². The first-order valence-corrected chi connectivity index (χ1v) is 4.75. The van der Waals surface area contributed by atoms with Gasteiger partial charge >= 0.3 is 0 Å². The highest BCUT2D eigenvalue weighted by molar-refractivity contribution is 6.03. The van der Waals surface area contributed by atoms with Gasteiger partial charge in [0.15, 0.2) is 5.82 Å². The molecule has 1 N–H and O–H groups in total. The van der Waals surface area contributed by atoms with E-state index in [0.29, 0.717) is 17.8 Å². The molecule has 1 rings (SSSR count). The van der Waals surface area contributed by atoms with Gasteiger partial charge in [0.05, 0.1) is 12.2 Å². The average Bonchev–Trinajstić information content (AvgIpc) is 2.35. The van der Waals surface area contributed by atoms with Crippen molar-refractivity contribution in [2.75, 3.05) is 23.8 Å². The third-order valence-electron chi connectivity index (χ3n) is 2.01. The monoisotopic (exact) mass is 219 g/mol. The molecule has 0 atom stereocenters. The van der Waals surface area contributed by atoms with Gasteiger partial charge in [-0.3, -0.25) is 9.69 Å². The minimum atomic E-state index is -0.359. The lowest BCUT2D eigenvalue weighted by molar-refractivity contribution is -0.116. The van der Waals surface area contributed by atoms with Gasteiger partial charge in [0.2, 0.25) is 0 Å². The number of carbonyl (C=O) groups is 2. The van der Waals surface area contributed by atoms with Gasteiger partial charge in [0, 0.05) is 13.2 Å². The maximum atomic E-state index is 11.6. The molecule has 1 heterocycles. The average molecular weight is 219 g/mol. The van der Waals surface area contributed by atoms with Gasteiger partial charge in [-0.1, -0.05) is 6.58 Å². The van der Waals surface area contributed by atoms with Crippen molar-refractivity contribution in [3.05, 3.63) is 31.0 Å². The van der Waals surface area contributed by atoms with Crippen LogP contribution in [0.1, 0.15) is 0 Å². The van der Waals surface area contributed by atoms with Crippen LogP contribution in [0.15, 0.2) is 31.0 Å². The first kappa shape index (κ1) is 11.9. The molecule has 1 aromatic heterocycles. The smallest absolute Gasteiger partial charge is 0.252 e. The molecule has 0 saturated heterocycles. The van der Waals surface area contributed by atoms with Crippen molar-refractivity contribution in [3.8, 4) is 0 Å². The Morgan fingerprint density at radius 2 is 2.44 bits per heavy atom. The minimum absolute atomic E-state index is 0.0451. The molecule has 0 bridgehead atoms. The molecule has 0 radical (unpaired) electrons. The molecule has 0 unspecified atom stereocenters. The van der Waals surface area contributed by atoms with Crippen LogP contribution in [-0.4, -0.2) is 30.8 Å². The molecule has 0 spiro atoms. The summed E-state index contributed by atoms with van der Waals surface area (Å²) in [6, 6.07) is 3.52. The molecule has 16 heavy (non-hydrogen) atoms. The van der Waals surface area contributed by atoms with E-state index in [1.165, 1.54) is 4.90 Å². The Hall–Kier alpha value is -2.17. The Kier molecular flexibility index (Phi) is 4.20. The van der Waals surface area contributed by atoms with Crippen LogP contribution in [0.3, 0.4) is 0 Å². The number of hydrogen-bond acceptors (Lipinski definition) is 4. The van der Waals surface area contributed by atoms with Gasteiger partial charge in [-0.15, -0.1) is 0 Å². The van der Waals surface area contributed by atoms with Gasteiger partial charge in [0.1, 0.15) is 6.29 Å². The molecule has 5 heteroatoms. The van der Waals surface area contributed by atoms with Crippen LogP contribution in [0.5, 0.6) is 0 Å². The highest BCUT2D eigenvalue weighted by Gasteiger charge is 2.16. The van der Waals surface area contributed by atoms with E-state index in [4.69, 9.17) is 0 Å². The summed E-state index contributed by atoms with van der Waals surface area (Å²) >= 11 is 0. The van der Waals surface area contributed by atoms with Crippen LogP contribution in [-0.2, 0) is 9.59 Å². The van der Waals surface area contributed by atoms with Crippen molar-refractivity contribution in [1.29, 1.82) is 0 Å². The molecule has 0 saturated carbocycles. The topological polar surface area (TPSA) is 62.3 Å². The maximum Gasteiger partial charge on any atom is 0.252 e. The Bertz CT molecular complexity index is 404. The van der Waals surface area contributed by atoms with Crippen molar-refractivity contribution in [2.24, 2.45) is 0 Å². The van der Waals surface area contributed by atoms with Crippen molar-refractivity contribution < 1.29 is 9.59 Å². The van der Waals surface area contributed by atoms with Crippen LogP contribution in [0.4, 0.5) is 11.5 Å². The molecule has 84 valence electrons. The van der Waals surface area contributed by atoms with E-state index in [1.54, 1.807) is 25.4 Å². The predicted molar refractivity (Wildman–Crippen MR) is 62.4 cm³/mol. The normalized spacial score (nSPS) is 9.31. The first-order valence-electron chi connectivity index (χ1n) is 4.75. The van der Waals surface area contributed by atoms with E-state index in [9.17, 15) is 9.59 Å². The van der Waals surface area contributed by atoms with Gasteiger partial charge in [-0.25, -0.2) is 4.98 Å². The zero-order valence-electron chi connectivity index (χ0n) is 9.01. The zero-order valence-corrected chi connectivity index (χ0v) is 9.01. The Morgan fingerprint density at radius 1 is 1.69 bits per heavy atom. The van der Waals surface area contributed by atoms with Crippen LogP contribution < -0.4 is 10.2 Å². The van der Waals surface area contributed by atoms with Gasteiger partial charge in [-0.2, -0.15) is 0 Å². The quantitative estimate of drug-likeness (QED) is 0.589. The maximum absolute atomic E-state index is 11.6. The second kappa shape index (κ2) is 5.65. The number of nitrogens with one attached hydrogen (secondary N) is 1. The number of anilines is 2. The van der Waals surface area contributed by atoms with Gasteiger partial charge in [-0.05, 0) is 18.2 Å². The number of aldehydes is 1. The van der Waals surface area contributed by atoms with Crippen molar-refractivity contribution in [2.45, 2.75) is 0 Å². The fourth-order valence-electron chi connectivity index (χ4n) is 1.27. The number of aromatic nitrogens is 1. The molecule has 5 nitrogen and oxygen atoms in total. The standard InChI is InChI=1S/C11H13N3O2/c1-3-10(16)14(7-8-15)11-9(12-2)5-4-6-13-11/h3-6,8,12H,1,7H2,2H3. The molecule has 0 fully saturated rings. The lowest BCUT2D eigenvalue weighted by Crippen LogP contribution is -2.32. The lowest BCUT2D eigenvalue weighted by Gasteiger charge is -2.19. The summed E-state index contributed by atoms with van der Waals surface area (Å²) in [5.41, 5.74) is 0.680. The molecule has 0 aliphatic rings. The van der Waals surface area contributed by atoms with Crippen molar-refractivity contribution in [3.63, 3.8) is 0 Å². The Morgan fingerprint density at radius 3 is 3.00 bits per heavy atom. The van der Waals surface area contributed by atoms with Crippen molar-refractivity contribution in [1.82, 2.24) is 4.98 Å². The van der Waals surface area contributed by atoms with Gasteiger partial charge in [0.25, 0.3) is 5.91 Å². The van der Waals surface area contributed by atoms with Crippen LogP contribution in [0, 0.1) is 0 Å². The van der Waals surface area contributed by atoms with E-state index < -0.39 is 0 Å². The van der Waals surface area contributed by atoms with Crippen molar-refractivity contribution >= 4 is 23.7 Å². The number of hydrogen-bond donors (Lipinski definition) is 1. The summed E-state index contributed by atoms with van der Waals surface area (Å²) in [5, 5.41) is 2.91. The summed E-state index contributed by atoms with van der Waals surface area (Å²) < 4.78 is 0. The molecular weight excluding hydrogens is 206 g/mol. The number of nitrogens with zero attached hydrogens (tertiary/aromatic N) is 2. The highest BCUT2D eigenvalue weighted by atomic mass is 16.2. The van der Waals surface area contributed by atoms with Gasteiger partial charge < -0.3 is 10.1 Å². The fourth-order valence-corrected chi connectivity index (χ4v) is 1.27. The number of carbonyl (C=O) groups excluding carboxylic acids is 2. The van der Waals surface area contributed by atoms with E-state index in [0.717, 1.165) is 6.08 Å². The number of pyridine rings is 1. The van der Waals surface area contributed by atoms with E-state index in [-0.39, 0.29) is 12.5 Å². The summed E-state index contributed by atoms with van der Waals surface area (Å²) in [4.78, 5) is 27.4. The van der Waals surface area contributed by atoms with E-state index in [1.807, 2.05) is 0 Å². The number of rotatable bonds is 5. The van der Waals surface area contributed by atoms with E-state index in [2.05, 4.69) is 16.9 Å². The Balaban J connectivity index is 3.13. The third kappa shape index (κ3) is 2.44. The summed E-state index contributed by atoms with van der Waals surface area (Å²) in [6.45, 7) is 3.34. The summed E-state index contributed by atoms with van der Waals surface area (Å²) in [6.07, 6.45) is 3.36. The molecule has 0 aliphatic heterocycles. The number of amides is 1. The summed E-state index contributed by atoms with van der Waals surface area (Å²) in [5.74, 6) is 0.0595. The lowest BCUT2D eigenvalue weighted by atomic mass is 10.3. The molecular formula is C11H13N3O2. The predicted octanol–water partition coefficient (Wildman–Crippen LogP) is 0.841. The second-order valence-electron chi connectivity index (χ2n) is 2.94. The molecule has 1 amide bonds. The van der Waals surface area contributed by atoms with E-state index >= 15 is 0 Å². The first-order chi connectivity index (χ1) is 7.74. The highest BCUT2D eigenvalue weighted by Crippen LogP contribution is 2.21. The molecule has 0 aromatic carbocycles. The largest absolute Gasteiger partial charge is 0.385 e. The second-order valence-corrected chi connectivity index (χ2v) is 2.94. The molecule has 0 aliphatic carbocycles. The van der Waals surface area contributed by atoms with Crippen LogP contribution >= 0.6 is 0 Å². The van der Waals surface area contributed by atoms with Crippen LogP contribution in [0.25, 0.3) is 0 Å². The third-order valence-corrected chi connectivity index (χ3v) is 2.01. The SMILES string of the molecule is C=CC(=O)N(CC=O)c1ncccc1NC. The minimum Gasteiger partial charge on any atom is -0.385 e. The zero-order chi connectivity index (χ0) is 12.0.